The van der Waals surface area contributed by atoms with Gasteiger partial charge in [0.25, 0.3) is 0 Å². The van der Waals surface area contributed by atoms with Gasteiger partial charge in [0, 0.05) is 36.6 Å². The monoisotopic (exact) mass is 296 g/mol. The van der Waals surface area contributed by atoms with E-state index in [0.29, 0.717) is 6.04 Å². The molecule has 0 fully saturated rings. The summed E-state index contributed by atoms with van der Waals surface area (Å²) < 4.78 is 0. The van der Waals surface area contributed by atoms with Crippen LogP contribution in [0.2, 0.25) is 0 Å². The molecule has 0 amide bonds. The normalized spacial score (nSPS) is 16.7. The number of hydrogen-bond acceptors (Lipinski definition) is 4. The molecule has 1 aromatic carbocycles. The number of hydrogen-bond donors (Lipinski definition) is 0. The van der Waals surface area contributed by atoms with E-state index >= 15 is 0 Å². The summed E-state index contributed by atoms with van der Waals surface area (Å²) in [5.74, 6) is 1.84. The first kappa shape index (κ1) is 14.8. The van der Waals surface area contributed by atoms with Gasteiger partial charge in [0.1, 0.15) is 5.82 Å². The van der Waals surface area contributed by atoms with Crippen molar-refractivity contribution in [2.45, 2.75) is 40.2 Å². The van der Waals surface area contributed by atoms with Crippen LogP contribution < -0.4 is 9.80 Å². The van der Waals surface area contributed by atoms with Crippen LogP contribution in [-0.4, -0.2) is 29.1 Å². The van der Waals surface area contributed by atoms with E-state index in [2.05, 4.69) is 60.9 Å². The minimum atomic E-state index is 0.392. The Morgan fingerprint density at radius 2 is 1.91 bits per heavy atom. The summed E-state index contributed by atoms with van der Waals surface area (Å²) >= 11 is 0. The molecule has 0 saturated carbocycles. The lowest BCUT2D eigenvalue weighted by Gasteiger charge is -2.26. The van der Waals surface area contributed by atoms with Crippen LogP contribution in [0.25, 0.3) is 0 Å². The molecule has 1 aromatic heterocycles. The average molecular weight is 296 g/mol. The molecule has 1 aliphatic rings. The second-order valence-corrected chi connectivity index (χ2v) is 5.89. The van der Waals surface area contributed by atoms with Crippen LogP contribution in [0.5, 0.6) is 0 Å². The van der Waals surface area contributed by atoms with E-state index in [1.165, 1.54) is 11.3 Å². The van der Waals surface area contributed by atoms with Crippen molar-refractivity contribution in [2.75, 3.05) is 22.9 Å². The van der Waals surface area contributed by atoms with Crippen LogP contribution in [0.3, 0.4) is 0 Å². The van der Waals surface area contributed by atoms with Crippen molar-refractivity contribution in [3.63, 3.8) is 0 Å². The second-order valence-electron chi connectivity index (χ2n) is 5.89. The second kappa shape index (κ2) is 5.95. The zero-order chi connectivity index (χ0) is 15.7. The van der Waals surface area contributed by atoms with E-state index in [9.17, 15) is 0 Å². The van der Waals surface area contributed by atoms with Crippen molar-refractivity contribution in [1.82, 2.24) is 9.97 Å². The maximum absolute atomic E-state index is 4.85. The van der Waals surface area contributed by atoms with E-state index in [-0.39, 0.29) is 0 Å². The smallest absolute Gasteiger partial charge is 0.232 e. The number of fused-ring (bicyclic) bond motifs is 1. The van der Waals surface area contributed by atoms with Crippen LogP contribution in [0.1, 0.15) is 32.0 Å². The van der Waals surface area contributed by atoms with Crippen molar-refractivity contribution in [3.05, 3.63) is 41.6 Å². The molecule has 0 N–H and O–H groups in total. The third-order valence-electron chi connectivity index (χ3n) is 4.34. The minimum absolute atomic E-state index is 0.392. The summed E-state index contributed by atoms with van der Waals surface area (Å²) in [7, 11) is 0. The first-order valence-electron chi connectivity index (χ1n) is 8.11. The largest absolute Gasteiger partial charge is 0.357 e. The maximum Gasteiger partial charge on any atom is 0.232 e. The van der Waals surface area contributed by atoms with E-state index < -0.39 is 0 Å². The number of nitrogens with zero attached hydrogens (tertiary/aromatic N) is 4. The van der Waals surface area contributed by atoms with Gasteiger partial charge in [-0.25, -0.2) is 4.98 Å². The lowest BCUT2D eigenvalue weighted by Crippen LogP contribution is -2.28. The Bertz CT molecular complexity index is 664. The molecule has 1 unspecified atom stereocenters. The van der Waals surface area contributed by atoms with Gasteiger partial charge in [-0.1, -0.05) is 18.2 Å². The molecule has 0 bridgehead atoms. The Balaban J connectivity index is 2.05. The predicted molar refractivity (Wildman–Crippen MR) is 92.1 cm³/mol. The first-order valence-corrected chi connectivity index (χ1v) is 8.11. The Kier molecular flexibility index (Phi) is 4.01. The molecule has 1 atom stereocenters. The highest BCUT2D eigenvalue weighted by Crippen LogP contribution is 2.36. The zero-order valence-corrected chi connectivity index (χ0v) is 13.9. The van der Waals surface area contributed by atoms with Gasteiger partial charge in [-0.05, 0) is 45.7 Å². The van der Waals surface area contributed by atoms with E-state index in [0.717, 1.165) is 37.0 Å². The topological polar surface area (TPSA) is 32.3 Å². The summed E-state index contributed by atoms with van der Waals surface area (Å²) in [5, 5.41) is 0. The van der Waals surface area contributed by atoms with Crippen LogP contribution in [0.4, 0.5) is 17.5 Å². The van der Waals surface area contributed by atoms with E-state index in [1.54, 1.807) is 0 Å². The lowest BCUT2D eigenvalue weighted by atomic mass is 10.1. The van der Waals surface area contributed by atoms with Gasteiger partial charge in [0.05, 0.1) is 0 Å². The summed E-state index contributed by atoms with van der Waals surface area (Å²) in [6.07, 6.45) is 1.05. The number of aryl methyl sites for hydroxylation is 1. The summed E-state index contributed by atoms with van der Waals surface area (Å²) in [6.45, 7) is 10.5. The zero-order valence-electron chi connectivity index (χ0n) is 13.9. The van der Waals surface area contributed by atoms with Gasteiger partial charge in [-0.3, -0.25) is 0 Å². The number of aromatic nitrogens is 2. The quantitative estimate of drug-likeness (QED) is 0.861. The van der Waals surface area contributed by atoms with Crippen molar-refractivity contribution in [3.8, 4) is 0 Å². The Labute approximate surface area is 132 Å². The van der Waals surface area contributed by atoms with Gasteiger partial charge in [0.15, 0.2) is 0 Å². The molecule has 0 spiro atoms. The summed E-state index contributed by atoms with van der Waals surface area (Å²) in [5.41, 5.74) is 3.64. The Morgan fingerprint density at radius 1 is 1.18 bits per heavy atom. The standard InChI is InChI=1S/C18H24N4/c1-5-21(6-2)17-11-13(3)19-18(20-17)22-14(4)12-15-9-7-8-10-16(15)22/h7-11,14H,5-6,12H2,1-4H3. The number of rotatable bonds is 4. The lowest BCUT2D eigenvalue weighted by molar-refractivity contribution is 0.734. The molecular weight excluding hydrogens is 272 g/mol. The molecule has 2 aromatic rings. The van der Waals surface area contributed by atoms with Gasteiger partial charge in [-0.15, -0.1) is 0 Å². The van der Waals surface area contributed by atoms with Crippen LogP contribution in [0, 0.1) is 6.92 Å². The van der Waals surface area contributed by atoms with Gasteiger partial charge < -0.3 is 9.80 Å². The number of para-hydroxylation sites is 1. The molecule has 1 aliphatic heterocycles. The van der Waals surface area contributed by atoms with Crippen LogP contribution in [0.15, 0.2) is 30.3 Å². The summed E-state index contributed by atoms with van der Waals surface area (Å²) in [4.78, 5) is 14.1. The fraction of sp³-hybridized carbons (Fsp3) is 0.444. The first-order chi connectivity index (χ1) is 10.6. The maximum atomic E-state index is 4.85. The van der Waals surface area contributed by atoms with Crippen LogP contribution in [-0.2, 0) is 6.42 Å². The van der Waals surface area contributed by atoms with Gasteiger partial charge in [-0.2, -0.15) is 4.98 Å². The van der Waals surface area contributed by atoms with Crippen LogP contribution >= 0.6 is 0 Å². The SMILES string of the molecule is CCN(CC)c1cc(C)nc(N2c3ccccc3CC2C)n1. The third kappa shape index (κ3) is 2.54. The van der Waals surface area contributed by atoms with Crippen molar-refractivity contribution in [2.24, 2.45) is 0 Å². The molecule has 3 rings (SSSR count). The number of benzene rings is 1. The molecule has 0 saturated heterocycles. The highest BCUT2D eigenvalue weighted by Gasteiger charge is 2.29. The molecule has 22 heavy (non-hydrogen) atoms. The highest BCUT2D eigenvalue weighted by molar-refractivity contribution is 5.67. The highest BCUT2D eigenvalue weighted by atomic mass is 15.3. The third-order valence-corrected chi connectivity index (χ3v) is 4.34. The molecular formula is C18H24N4. The molecule has 4 heteroatoms. The fourth-order valence-corrected chi connectivity index (χ4v) is 3.22. The average Bonchev–Trinajstić information content (AvgIpc) is 2.83. The summed E-state index contributed by atoms with van der Waals surface area (Å²) in [6, 6.07) is 11.0. The van der Waals surface area contributed by atoms with E-state index in [1.807, 2.05) is 6.92 Å². The van der Waals surface area contributed by atoms with Crippen molar-refractivity contribution < 1.29 is 0 Å². The number of anilines is 3. The molecule has 0 aliphatic carbocycles. The fourth-order valence-electron chi connectivity index (χ4n) is 3.22. The van der Waals surface area contributed by atoms with Gasteiger partial charge in [0.2, 0.25) is 5.95 Å². The molecule has 2 heterocycles. The van der Waals surface area contributed by atoms with Crippen molar-refractivity contribution >= 4 is 17.5 Å². The molecule has 0 radical (unpaired) electrons. The molecule has 4 nitrogen and oxygen atoms in total. The predicted octanol–water partition coefficient (Wildman–Crippen LogP) is 3.71. The Hall–Kier alpha value is -2.10. The Morgan fingerprint density at radius 3 is 2.64 bits per heavy atom. The molecule has 116 valence electrons. The minimum Gasteiger partial charge on any atom is -0.357 e. The van der Waals surface area contributed by atoms with Crippen molar-refractivity contribution in [1.29, 1.82) is 0 Å². The van der Waals surface area contributed by atoms with E-state index in [4.69, 9.17) is 9.97 Å². The van der Waals surface area contributed by atoms with Gasteiger partial charge >= 0.3 is 0 Å².